The van der Waals surface area contributed by atoms with Crippen LogP contribution < -0.4 is 4.31 Å². The Morgan fingerprint density at radius 3 is 1.93 bits per heavy atom. The number of rotatable bonds is 2. The lowest BCUT2D eigenvalue weighted by molar-refractivity contribution is -0.116. The van der Waals surface area contributed by atoms with Gasteiger partial charge in [-0.3, -0.25) is 4.55 Å². The molecule has 1 aromatic rings. The molecule has 0 fully saturated rings. The van der Waals surface area contributed by atoms with Crippen LogP contribution in [0.2, 0.25) is 0 Å². The van der Waals surface area contributed by atoms with Gasteiger partial charge in [-0.2, -0.15) is 12.7 Å². The van der Waals surface area contributed by atoms with E-state index in [-0.39, 0.29) is 0 Å². The van der Waals surface area contributed by atoms with Gasteiger partial charge in [0.15, 0.2) is 0 Å². The molecular weight excluding hydrogens is 235 g/mol. The summed E-state index contributed by atoms with van der Waals surface area (Å²) in [6.07, 6.45) is -5.20. The van der Waals surface area contributed by atoms with E-state index in [1.807, 2.05) is 0 Å². The van der Waals surface area contributed by atoms with E-state index >= 15 is 0 Å². The number of alkyl halides is 3. The smallest absolute Gasteiger partial charge is 0.269 e. The van der Waals surface area contributed by atoms with Crippen LogP contribution in [0.15, 0.2) is 30.3 Å². The second-order valence-corrected chi connectivity index (χ2v) is 3.81. The molecule has 1 aromatic carbocycles. The molecule has 0 radical (unpaired) electrons. The van der Waals surface area contributed by atoms with E-state index in [0.717, 1.165) is 12.1 Å². The van der Waals surface area contributed by atoms with Gasteiger partial charge in [0.25, 0.3) is 0 Å². The van der Waals surface area contributed by atoms with Crippen LogP contribution in [0, 0.1) is 0 Å². The highest BCUT2D eigenvalue weighted by Gasteiger charge is 2.45. The first-order chi connectivity index (χ1) is 6.73. The summed E-state index contributed by atoms with van der Waals surface area (Å²) in [5.41, 5.74) is -0.674. The molecule has 0 aliphatic rings. The summed E-state index contributed by atoms with van der Waals surface area (Å²) in [5, 5.41) is 0. The summed E-state index contributed by atoms with van der Waals surface area (Å²) < 4.78 is 65.4. The van der Waals surface area contributed by atoms with Gasteiger partial charge in [-0.1, -0.05) is 18.2 Å². The zero-order valence-electron chi connectivity index (χ0n) is 7.14. The molecule has 0 atom stereocenters. The van der Waals surface area contributed by atoms with Crippen molar-refractivity contribution in [1.82, 2.24) is 0 Å². The SMILES string of the molecule is O=S(=O)(O)N(c1ccccc1)C(F)(F)F. The molecule has 0 aliphatic carbocycles. The van der Waals surface area contributed by atoms with Crippen molar-refractivity contribution in [2.24, 2.45) is 0 Å². The fourth-order valence-corrected chi connectivity index (χ4v) is 1.62. The second-order valence-electron chi connectivity index (χ2n) is 2.55. The maximum absolute atomic E-state index is 12.3. The molecule has 84 valence electrons. The standard InChI is InChI=1S/C7H6F3NO3S/c8-7(9,10)11(15(12,13)14)6-4-2-1-3-5-6/h1-5H,(H,12,13,14). The van der Waals surface area contributed by atoms with Crippen molar-refractivity contribution in [2.45, 2.75) is 6.30 Å². The molecule has 4 nitrogen and oxygen atoms in total. The minimum atomic E-state index is -5.37. The highest BCUT2D eigenvalue weighted by atomic mass is 32.2. The van der Waals surface area contributed by atoms with E-state index in [0.29, 0.717) is 0 Å². The zero-order valence-corrected chi connectivity index (χ0v) is 7.96. The lowest BCUT2D eigenvalue weighted by atomic mass is 10.3. The van der Waals surface area contributed by atoms with Gasteiger partial charge < -0.3 is 0 Å². The summed E-state index contributed by atoms with van der Waals surface area (Å²) in [7, 11) is -5.37. The zero-order chi connectivity index (χ0) is 11.7. The molecule has 0 saturated heterocycles. The fourth-order valence-electron chi connectivity index (χ4n) is 0.974. The van der Waals surface area contributed by atoms with Gasteiger partial charge in [-0.05, 0) is 12.1 Å². The normalized spacial score (nSPS) is 12.5. The summed E-state index contributed by atoms with van der Waals surface area (Å²) in [4.78, 5) is 0. The maximum Gasteiger partial charge on any atom is 0.500 e. The molecule has 8 heteroatoms. The molecular formula is C7H6F3NO3S. The van der Waals surface area contributed by atoms with Crippen molar-refractivity contribution in [1.29, 1.82) is 0 Å². The topological polar surface area (TPSA) is 57.6 Å². The van der Waals surface area contributed by atoms with E-state index in [1.54, 1.807) is 0 Å². The summed E-state index contributed by atoms with van der Waals surface area (Å²) in [6.45, 7) is 0. The van der Waals surface area contributed by atoms with Gasteiger partial charge in [-0.25, -0.2) is 0 Å². The Hall–Kier alpha value is -1.28. The third-order valence-electron chi connectivity index (χ3n) is 1.45. The largest absolute Gasteiger partial charge is 0.500 e. The van der Waals surface area contributed by atoms with Crippen molar-refractivity contribution >= 4 is 16.0 Å². The van der Waals surface area contributed by atoms with Gasteiger partial charge >= 0.3 is 16.6 Å². The number of hydrogen-bond donors (Lipinski definition) is 1. The van der Waals surface area contributed by atoms with E-state index < -0.39 is 26.6 Å². The first kappa shape index (κ1) is 11.8. The molecule has 0 bridgehead atoms. The van der Waals surface area contributed by atoms with E-state index in [4.69, 9.17) is 4.55 Å². The third-order valence-corrected chi connectivity index (χ3v) is 2.33. The number of hydrogen-bond acceptors (Lipinski definition) is 2. The van der Waals surface area contributed by atoms with Crippen LogP contribution in [-0.2, 0) is 10.3 Å². The van der Waals surface area contributed by atoms with Gasteiger partial charge in [0.1, 0.15) is 0 Å². The Morgan fingerprint density at radius 2 is 1.60 bits per heavy atom. The number of nitrogens with zero attached hydrogens (tertiary/aromatic N) is 1. The average Bonchev–Trinajstić information content (AvgIpc) is 2.00. The molecule has 1 N–H and O–H groups in total. The lowest BCUT2D eigenvalue weighted by Gasteiger charge is -2.22. The Morgan fingerprint density at radius 1 is 1.13 bits per heavy atom. The predicted molar refractivity (Wildman–Crippen MR) is 46.5 cm³/mol. The molecule has 0 unspecified atom stereocenters. The van der Waals surface area contributed by atoms with Crippen LogP contribution in [0.4, 0.5) is 18.9 Å². The van der Waals surface area contributed by atoms with Gasteiger partial charge in [0.2, 0.25) is 0 Å². The molecule has 0 aliphatic heterocycles. The molecule has 0 aromatic heterocycles. The van der Waals surface area contributed by atoms with Crippen molar-refractivity contribution in [3.8, 4) is 0 Å². The van der Waals surface area contributed by atoms with Gasteiger partial charge in [-0.15, -0.1) is 13.2 Å². The highest BCUT2D eigenvalue weighted by Crippen LogP contribution is 2.30. The minimum Gasteiger partial charge on any atom is -0.269 e. The molecule has 0 spiro atoms. The molecule has 15 heavy (non-hydrogen) atoms. The highest BCUT2D eigenvalue weighted by molar-refractivity contribution is 7.87. The number of anilines is 1. The van der Waals surface area contributed by atoms with Crippen LogP contribution in [0.3, 0.4) is 0 Å². The number of halogens is 3. The molecule has 1 rings (SSSR count). The Labute approximate surface area is 83.8 Å². The minimum absolute atomic E-state index is 0.674. The van der Waals surface area contributed by atoms with Crippen LogP contribution >= 0.6 is 0 Å². The van der Waals surface area contributed by atoms with E-state index in [2.05, 4.69) is 0 Å². The third kappa shape index (κ3) is 2.83. The predicted octanol–water partition coefficient (Wildman–Crippen LogP) is 1.82. The average molecular weight is 241 g/mol. The Balaban J connectivity index is 3.27. The lowest BCUT2D eigenvalue weighted by Crippen LogP contribution is -2.42. The Kier molecular flexibility index (Phi) is 2.91. The van der Waals surface area contributed by atoms with E-state index in [1.165, 1.54) is 18.2 Å². The maximum atomic E-state index is 12.3. The van der Waals surface area contributed by atoms with Crippen molar-refractivity contribution in [3.05, 3.63) is 30.3 Å². The Bertz CT molecular complexity index is 429. The van der Waals surface area contributed by atoms with Crippen molar-refractivity contribution < 1.29 is 26.1 Å². The summed E-state index contributed by atoms with van der Waals surface area (Å²) >= 11 is 0. The van der Waals surface area contributed by atoms with E-state index in [9.17, 15) is 21.6 Å². The van der Waals surface area contributed by atoms with Crippen molar-refractivity contribution in [2.75, 3.05) is 4.31 Å². The monoisotopic (exact) mass is 241 g/mol. The first-order valence-electron chi connectivity index (χ1n) is 3.62. The van der Waals surface area contributed by atoms with Crippen LogP contribution in [-0.4, -0.2) is 19.3 Å². The summed E-state index contributed by atoms with van der Waals surface area (Å²) in [5.74, 6) is 0. The molecule has 0 saturated carbocycles. The quantitative estimate of drug-likeness (QED) is 0.634. The van der Waals surface area contributed by atoms with Crippen LogP contribution in [0.1, 0.15) is 0 Å². The van der Waals surface area contributed by atoms with Crippen LogP contribution in [0.25, 0.3) is 0 Å². The fraction of sp³-hybridized carbons (Fsp3) is 0.143. The van der Waals surface area contributed by atoms with Gasteiger partial charge in [0.05, 0.1) is 5.69 Å². The first-order valence-corrected chi connectivity index (χ1v) is 5.02. The summed E-state index contributed by atoms with van der Waals surface area (Å²) in [6, 6.07) is 5.70. The van der Waals surface area contributed by atoms with Crippen LogP contribution in [0.5, 0.6) is 0 Å². The van der Waals surface area contributed by atoms with Gasteiger partial charge in [0, 0.05) is 0 Å². The molecule has 0 heterocycles. The number of para-hydroxylation sites is 1. The number of benzene rings is 1. The van der Waals surface area contributed by atoms with Crippen molar-refractivity contribution in [3.63, 3.8) is 0 Å². The second kappa shape index (κ2) is 3.70. The molecule has 0 amide bonds.